The number of aromatic nitrogens is 3. The minimum absolute atomic E-state index is 0.631. The molecule has 0 amide bonds. The van der Waals surface area contributed by atoms with Gasteiger partial charge in [-0.15, -0.1) is 0 Å². The number of furan rings is 1. The monoisotopic (exact) mass is 601 g/mol. The lowest BCUT2D eigenvalue weighted by molar-refractivity contribution is 0.669. The third kappa shape index (κ3) is 4.93. The minimum Gasteiger partial charge on any atom is -0.456 e. The fraction of sp³-hybridized carbons (Fsp3) is 0. The van der Waals surface area contributed by atoms with Crippen LogP contribution in [0.4, 0.5) is 0 Å². The Kier molecular flexibility index (Phi) is 6.43. The van der Waals surface area contributed by atoms with E-state index in [9.17, 15) is 0 Å². The van der Waals surface area contributed by atoms with E-state index >= 15 is 0 Å². The molecule has 47 heavy (non-hydrogen) atoms. The van der Waals surface area contributed by atoms with Crippen LogP contribution in [0, 0.1) is 0 Å². The molecular formula is C43H27N3O. The summed E-state index contributed by atoms with van der Waals surface area (Å²) in [4.78, 5) is 14.8. The van der Waals surface area contributed by atoms with Gasteiger partial charge in [-0.3, -0.25) is 0 Å². The summed E-state index contributed by atoms with van der Waals surface area (Å²) in [6, 6.07) is 56.4. The first-order valence-corrected chi connectivity index (χ1v) is 15.7. The van der Waals surface area contributed by atoms with Crippen molar-refractivity contribution in [3.05, 3.63) is 164 Å². The normalized spacial score (nSPS) is 11.4. The average Bonchev–Trinajstić information content (AvgIpc) is 3.53. The zero-order valence-corrected chi connectivity index (χ0v) is 25.3. The summed E-state index contributed by atoms with van der Waals surface area (Å²) in [5.74, 6) is 1.91. The molecule has 4 nitrogen and oxygen atoms in total. The van der Waals surface area contributed by atoms with Crippen LogP contribution in [0.1, 0.15) is 0 Å². The van der Waals surface area contributed by atoms with Gasteiger partial charge >= 0.3 is 0 Å². The number of para-hydroxylation sites is 1. The van der Waals surface area contributed by atoms with E-state index in [1.54, 1.807) is 0 Å². The maximum Gasteiger partial charge on any atom is 0.164 e. The molecule has 9 rings (SSSR count). The van der Waals surface area contributed by atoms with Crippen molar-refractivity contribution in [1.29, 1.82) is 0 Å². The lowest BCUT2D eigenvalue weighted by Gasteiger charge is -2.10. The van der Waals surface area contributed by atoms with Crippen molar-refractivity contribution in [3.63, 3.8) is 0 Å². The molecule has 0 saturated carbocycles. The van der Waals surface area contributed by atoms with Crippen LogP contribution < -0.4 is 0 Å². The molecule has 0 bridgehead atoms. The quantitative estimate of drug-likeness (QED) is 0.197. The van der Waals surface area contributed by atoms with Crippen molar-refractivity contribution in [3.8, 4) is 56.4 Å². The van der Waals surface area contributed by atoms with Gasteiger partial charge in [-0.1, -0.05) is 146 Å². The third-order valence-corrected chi connectivity index (χ3v) is 8.77. The molecular weight excluding hydrogens is 574 g/mol. The molecule has 0 aliphatic rings. The molecule has 9 aromatic rings. The topological polar surface area (TPSA) is 51.8 Å². The lowest BCUT2D eigenvalue weighted by atomic mass is 9.97. The van der Waals surface area contributed by atoms with Gasteiger partial charge in [0.1, 0.15) is 11.2 Å². The Hall–Kier alpha value is -6.39. The molecule has 2 aromatic heterocycles. The Labute approximate surface area is 271 Å². The molecule has 0 spiro atoms. The predicted octanol–water partition coefficient (Wildman–Crippen LogP) is 11.3. The van der Waals surface area contributed by atoms with Crippen LogP contribution in [0.3, 0.4) is 0 Å². The summed E-state index contributed by atoms with van der Waals surface area (Å²) < 4.78 is 6.14. The van der Waals surface area contributed by atoms with Gasteiger partial charge in [0.2, 0.25) is 0 Å². The minimum atomic E-state index is 0.631. The molecule has 0 radical (unpaired) electrons. The lowest BCUT2D eigenvalue weighted by Crippen LogP contribution is -2.00. The number of nitrogens with zero attached hydrogens (tertiary/aromatic N) is 3. The van der Waals surface area contributed by atoms with Gasteiger partial charge in [0, 0.05) is 27.5 Å². The summed E-state index contributed by atoms with van der Waals surface area (Å²) in [5, 5.41) is 4.71. The molecule has 0 aliphatic carbocycles. The molecule has 4 heteroatoms. The number of benzene rings is 7. The molecule has 0 N–H and O–H groups in total. The largest absolute Gasteiger partial charge is 0.456 e. The van der Waals surface area contributed by atoms with Gasteiger partial charge in [-0.05, 0) is 51.2 Å². The first-order chi connectivity index (χ1) is 23.3. The molecule has 0 aliphatic heterocycles. The molecule has 0 saturated heterocycles. The van der Waals surface area contributed by atoms with Gasteiger partial charge in [0.15, 0.2) is 17.5 Å². The molecule has 0 fully saturated rings. The highest BCUT2D eigenvalue weighted by Crippen LogP contribution is 2.34. The first-order valence-electron chi connectivity index (χ1n) is 15.7. The fourth-order valence-electron chi connectivity index (χ4n) is 6.34. The van der Waals surface area contributed by atoms with Gasteiger partial charge < -0.3 is 4.42 Å². The van der Waals surface area contributed by atoms with E-state index in [2.05, 4.69) is 115 Å². The van der Waals surface area contributed by atoms with Crippen molar-refractivity contribution < 1.29 is 4.42 Å². The predicted molar refractivity (Wildman–Crippen MR) is 192 cm³/mol. The number of hydrogen-bond donors (Lipinski definition) is 0. The van der Waals surface area contributed by atoms with Crippen molar-refractivity contribution in [2.45, 2.75) is 0 Å². The van der Waals surface area contributed by atoms with E-state index in [-0.39, 0.29) is 0 Å². The number of rotatable bonds is 5. The zero-order valence-electron chi connectivity index (χ0n) is 25.3. The van der Waals surface area contributed by atoms with Crippen LogP contribution in [0.2, 0.25) is 0 Å². The van der Waals surface area contributed by atoms with Gasteiger partial charge in [-0.2, -0.15) is 0 Å². The van der Waals surface area contributed by atoms with E-state index in [0.29, 0.717) is 17.5 Å². The highest BCUT2D eigenvalue weighted by atomic mass is 16.3. The van der Waals surface area contributed by atoms with Gasteiger partial charge in [0.05, 0.1) is 0 Å². The van der Waals surface area contributed by atoms with E-state index in [4.69, 9.17) is 19.4 Å². The third-order valence-electron chi connectivity index (χ3n) is 8.77. The Morgan fingerprint density at radius 2 is 0.830 bits per heavy atom. The molecule has 2 heterocycles. The second kappa shape index (κ2) is 11.2. The standard InChI is InChI=1S/C43H27N3O/c1-2-10-31(11-3-1)41-44-42(32-21-17-28(18-22-32)34-25-26-38-37-14-6-7-16-39(37)47-40(38)27-34)46-43(45-41)33-23-19-30(20-24-33)36-15-8-12-29-9-4-5-13-35(29)36/h1-27H. The highest BCUT2D eigenvalue weighted by molar-refractivity contribution is 6.06. The second-order valence-electron chi connectivity index (χ2n) is 11.7. The average molecular weight is 602 g/mol. The molecule has 0 atom stereocenters. The maximum atomic E-state index is 6.14. The SMILES string of the molecule is c1ccc(-c2nc(-c3ccc(-c4ccc5c(c4)oc4ccccc45)cc3)nc(-c3ccc(-c4cccc5ccccc45)cc3)n2)cc1. The summed E-state index contributed by atoms with van der Waals surface area (Å²) in [6.45, 7) is 0. The summed E-state index contributed by atoms with van der Waals surface area (Å²) in [6.07, 6.45) is 0. The molecule has 0 unspecified atom stereocenters. The van der Waals surface area contributed by atoms with Gasteiger partial charge in [0.25, 0.3) is 0 Å². The van der Waals surface area contributed by atoms with Crippen LogP contribution in [0.5, 0.6) is 0 Å². The van der Waals surface area contributed by atoms with Crippen LogP contribution in [0.25, 0.3) is 89.1 Å². The molecule has 220 valence electrons. The van der Waals surface area contributed by atoms with E-state index in [1.165, 1.54) is 16.3 Å². The summed E-state index contributed by atoms with van der Waals surface area (Å²) in [5.41, 5.74) is 9.13. The smallest absolute Gasteiger partial charge is 0.164 e. The Balaban J connectivity index is 1.09. The van der Waals surface area contributed by atoms with Crippen molar-refractivity contribution >= 4 is 32.7 Å². The van der Waals surface area contributed by atoms with Crippen LogP contribution in [-0.2, 0) is 0 Å². The Morgan fingerprint density at radius 1 is 0.319 bits per heavy atom. The van der Waals surface area contributed by atoms with Crippen molar-refractivity contribution in [2.24, 2.45) is 0 Å². The second-order valence-corrected chi connectivity index (χ2v) is 11.7. The van der Waals surface area contributed by atoms with E-state index in [0.717, 1.165) is 55.3 Å². The van der Waals surface area contributed by atoms with Crippen molar-refractivity contribution in [1.82, 2.24) is 15.0 Å². The fourth-order valence-corrected chi connectivity index (χ4v) is 6.34. The van der Waals surface area contributed by atoms with Crippen LogP contribution in [0.15, 0.2) is 168 Å². The maximum absolute atomic E-state index is 6.14. The Bertz CT molecular complexity index is 2550. The Morgan fingerprint density at radius 3 is 1.55 bits per heavy atom. The zero-order chi connectivity index (χ0) is 31.2. The summed E-state index contributed by atoms with van der Waals surface area (Å²) >= 11 is 0. The number of fused-ring (bicyclic) bond motifs is 4. The summed E-state index contributed by atoms with van der Waals surface area (Å²) in [7, 11) is 0. The highest BCUT2D eigenvalue weighted by Gasteiger charge is 2.14. The number of hydrogen-bond acceptors (Lipinski definition) is 4. The molecule has 7 aromatic carbocycles. The van der Waals surface area contributed by atoms with Crippen LogP contribution >= 0.6 is 0 Å². The van der Waals surface area contributed by atoms with Crippen LogP contribution in [-0.4, -0.2) is 15.0 Å². The van der Waals surface area contributed by atoms with Crippen molar-refractivity contribution in [2.75, 3.05) is 0 Å². The van der Waals surface area contributed by atoms with E-state index in [1.807, 2.05) is 48.5 Å². The first kappa shape index (κ1) is 27.0. The van der Waals surface area contributed by atoms with E-state index < -0.39 is 0 Å². The van der Waals surface area contributed by atoms with Gasteiger partial charge in [-0.25, -0.2) is 15.0 Å².